The lowest BCUT2D eigenvalue weighted by Crippen LogP contribution is -2.37. The van der Waals surface area contributed by atoms with Gasteiger partial charge in [-0.15, -0.1) is 0 Å². The van der Waals surface area contributed by atoms with Crippen molar-refractivity contribution in [1.82, 2.24) is 5.32 Å². The zero-order chi connectivity index (χ0) is 12.8. The van der Waals surface area contributed by atoms with Crippen molar-refractivity contribution < 1.29 is 4.79 Å². The Morgan fingerprint density at radius 2 is 1.88 bits per heavy atom. The monoisotopic (exact) mass is 228 g/mol. The van der Waals surface area contributed by atoms with Crippen molar-refractivity contribution in [3.8, 4) is 0 Å². The SMILES string of the molecule is CC(CN)CCC(=O)NCC(C)(C)C(C)C. The molecular weight excluding hydrogens is 200 g/mol. The molecule has 1 unspecified atom stereocenters. The average Bonchev–Trinajstić information content (AvgIpc) is 2.22. The Morgan fingerprint density at radius 1 is 1.31 bits per heavy atom. The van der Waals surface area contributed by atoms with Gasteiger partial charge in [-0.2, -0.15) is 0 Å². The molecule has 0 aromatic carbocycles. The van der Waals surface area contributed by atoms with Crippen molar-refractivity contribution in [2.24, 2.45) is 23.0 Å². The quantitative estimate of drug-likeness (QED) is 0.701. The number of hydrogen-bond acceptors (Lipinski definition) is 2. The summed E-state index contributed by atoms with van der Waals surface area (Å²) in [6, 6.07) is 0. The van der Waals surface area contributed by atoms with Gasteiger partial charge in [0, 0.05) is 13.0 Å². The third kappa shape index (κ3) is 6.11. The van der Waals surface area contributed by atoms with Crippen molar-refractivity contribution in [1.29, 1.82) is 0 Å². The van der Waals surface area contributed by atoms with E-state index in [1.807, 2.05) is 0 Å². The minimum atomic E-state index is 0.147. The molecule has 0 aliphatic rings. The van der Waals surface area contributed by atoms with Gasteiger partial charge in [0.1, 0.15) is 0 Å². The largest absolute Gasteiger partial charge is 0.356 e. The van der Waals surface area contributed by atoms with E-state index in [1.54, 1.807) is 0 Å². The Hall–Kier alpha value is -0.570. The van der Waals surface area contributed by atoms with E-state index in [0.717, 1.165) is 13.0 Å². The smallest absolute Gasteiger partial charge is 0.220 e. The summed E-state index contributed by atoms with van der Waals surface area (Å²) in [6.07, 6.45) is 1.47. The molecule has 3 N–H and O–H groups in total. The molecule has 1 amide bonds. The highest BCUT2D eigenvalue weighted by molar-refractivity contribution is 5.75. The van der Waals surface area contributed by atoms with E-state index < -0.39 is 0 Å². The van der Waals surface area contributed by atoms with E-state index in [4.69, 9.17) is 5.73 Å². The van der Waals surface area contributed by atoms with E-state index in [-0.39, 0.29) is 11.3 Å². The van der Waals surface area contributed by atoms with E-state index in [2.05, 4.69) is 39.9 Å². The van der Waals surface area contributed by atoms with Gasteiger partial charge in [-0.3, -0.25) is 4.79 Å². The lowest BCUT2D eigenvalue weighted by Gasteiger charge is -2.29. The molecule has 16 heavy (non-hydrogen) atoms. The predicted molar refractivity (Wildman–Crippen MR) is 69.1 cm³/mol. The van der Waals surface area contributed by atoms with Crippen LogP contribution in [0.15, 0.2) is 0 Å². The lowest BCUT2D eigenvalue weighted by molar-refractivity contribution is -0.121. The maximum absolute atomic E-state index is 11.6. The molecule has 96 valence electrons. The third-order valence-corrected chi connectivity index (χ3v) is 3.57. The van der Waals surface area contributed by atoms with Gasteiger partial charge in [0.05, 0.1) is 0 Å². The number of rotatable bonds is 7. The first-order valence-corrected chi connectivity index (χ1v) is 6.26. The highest BCUT2D eigenvalue weighted by Crippen LogP contribution is 2.24. The zero-order valence-electron chi connectivity index (χ0n) is 11.5. The Kier molecular flexibility index (Phi) is 6.65. The molecule has 0 aliphatic heterocycles. The molecule has 0 aromatic rings. The van der Waals surface area contributed by atoms with Crippen molar-refractivity contribution in [3.63, 3.8) is 0 Å². The number of amides is 1. The fraction of sp³-hybridized carbons (Fsp3) is 0.923. The Labute approximate surface area is 100 Å². The molecule has 0 heterocycles. The Balaban J connectivity index is 3.82. The number of hydrogen-bond donors (Lipinski definition) is 2. The summed E-state index contributed by atoms with van der Waals surface area (Å²) in [7, 11) is 0. The van der Waals surface area contributed by atoms with E-state index in [9.17, 15) is 4.79 Å². The molecule has 0 saturated carbocycles. The minimum absolute atomic E-state index is 0.147. The van der Waals surface area contributed by atoms with Crippen LogP contribution in [0.3, 0.4) is 0 Å². The second-order valence-corrected chi connectivity index (χ2v) is 5.80. The molecule has 1 atom stereocenters. The van der Waals surface area contributed by atoms with Gasteiger partial charge < -0.3 is 11.1 Å². The molecule has 3 heteroatoms. The molecule has 0 saturated heterocycles. The van der Waals surface area contributed by atoms with Gasteiger partial charge in [-0.1, -0.05) is 34.6 Å². The molecule has 0 spiro atoms. The first kappa shape index (κ1) is 15.4. The van der Waals surface area contributed by atoms with Crippen LogP contribution in [-0.4, -0.2) is 19.0 Å². The molecule has 0 aliphatic carbocycles. The fourth-order valence-corrected chi connectivity index (χ4v) is 1.11. The van der Waals surface area contributed by atoms with Crippen molar-refractivity contribution >= 4 is 5.91 Å². The first-order chi connectivity index (χ1) is 7.29. The predicted octanol–water partition coefficient (Wildman–Crippen LogP) is 2.16. The summed E-state index contributed by atoms with van der Waals surface area (Å²) in [5, 5.41) is 3.00. The summed E-state index contributed by atoms with van der Waals surface area (Å²) >= 11 is 0. The van der Waals surface area contributed by atoms with E-state index in [0.29, 0.717) is 24.8 Å². The maximum atomic E-state index is 11.6. The van der Waals surface area contributed by atoms with Gasteiger partial charge in [0.2, 0.25) is 5.91 Å². The fourth-order valence-electron chi connectivity index (χ4n) is 1.11. The average molecular weight is 228 g/mol. The van der Waals surface area contributed by atoms with Crippen LogP contribution >= 0.6 is 0 Å². The summed E-state index contributed by atoms with van der Waals surface area (Å²) in [5.74, 6) is 1.15. The van der Waals surface area contributed by atoms with Crippen molar-refractivity contribution in [2.75, 3.05) is 13.1 Å². The van der Waals surface area contributed by atoms with Crippen LogP contribution in [0.2, 0.25) is 0 Å². The molecule has 0 bridgehead atoms. The van der Waals surface area contributed by atoms with Crippen LogP contribution in [0.1, 0.15) is 47.5 Å². The molecule has 0 radical (unpaired) electrons. The van der Waals surface area contributed by atoms with E-state index in [1.165, 1.54) is 0 Å². The van der Waals surface area contributed by atoms with E-state index >= 15 is 0 Å². The molecular formula is C13H28N2O. The summed E-state index contributed by atoms with van der Waals surface area (Å²) in [5.41, 5.74) is 5.67. The first-order valence-electron chi connectivity index (χ1n) is 6.26. The second kappa shape index (κ2) is 6.89. The van der Waals surface area contributed by atoms with Crippen LogP contribution < -0.4 is 11.1 Å². The van der Waals surface area contributed by atoms with Crippen LogP contribution in [0, 0.1) is 17.3 Å². The second-order valence-electron chi connectivity index (χ2n) is 5.80. The third-order valence-electron chi connectivity index (χ3n) is 3.57. The number of nitrogens with two attached hydrogens (primary N) is 1. The molecule has 0 aromatic heterocycles. The van der Waals surface area contributed by atoms with Gasteiger partial charge in [-0.05, 0) is 30.2 Å². The van der Waals surface area contributed by atoms with Gasteiger partial charge in [-0.25, -0.2) is 0 Å². The number of carbonyl (C=O) groups excluding carboxylic acids is 1. The Morgan fingerprint density at radius 3 is 2.31 bits per heavy atom. The standard InChI is InChI=1S/C13H28N2O/c1-10(2)13(4,5)9-15-12(16)7-6-11(3)8-14/h10-11H,6-9,14H2,1-5H3,(H,15,16). The number of nitrogens with one attached hydrogen (secondary N) is 1. The van der Waals surface area contributed by atoms with Gasteiger partial charge in [0.15, 0.2) is 0 Å². The highest BCUT2D eigenvalue weighted by atomic mass is 16.1. The summed E-state index contributed by atoms with van der Waals surface area (Å²) < 4.78 is 0. The number of carbonyl (C=O) groups is 1. The maximum Gasteiger partial charge on any atom is 0.220 e. The van der Waals surface area contributed by atoms with Crippen molar-refractivity contribution in [2.45, 2.75) is 47.5 Å². The minimum Gasteiger partial charge on any atom is -0.356 e. The lowest BCUT2D eigenvalue weighted by atomic mass is 9.81. The van der Waals surface area contributed by atoms with Crippen LogP contribution in [-0.2, 0) is 4.79 Å². The van der Waals surface area contributed by atoms with Crippen LogP contribution in [0.25, 0.3) is 0 Å². The van der Waals surface area contributed by atoms with Gasteiger partial charge in [0.25, 0.3) is 0 Å². The molecule has 0 rings (SSSR count). The molecule has 3 nitrogen and oxygen atoms in total. The Bertz CT molecular complexity index is 212. The van der Waals surface area contributed by atoms with Crippen LogP contribution in [0.5, 0.6) is 0 Å². The zero-order valence-corrected chi connectivity index (χ0v) is 11.5. The molecule has 0 fully saturated rings. The van der Waals surface area contributed by atoms with Crippen molar-refractivity contribution in [3.05, 3.63) is 0 Å². The van der Waals surface area contributed by atoms with Gasteiger partial charge >= 0.3 is 0 Å². The summed E-state index contributed by atoms with van der Waals surface area (Å²) in [4.78, 5) is 11.6. The normalized spacial score (nSPS) is 13.9. The topological polar surface area (TPSA) is 55.1 Å². The highest BCUT2D eigenvalue weighted by Gasteiger charge is 2.22. The van der Waals surface area contributed by atoms with Crippen LogP contribution in [0.4, 0.5) is 0 Å². The summed E-state index contributed by atoms with van der Waals surface area (Å²) in [6.45, 7) is 12.2.